The summed E-state index contributed by atoms with van der Waals surface area (Å²) in [7, 11) is 8.35. The van der Waals surface area contributed by atoms with Gasteiger partial charge >= 0.3 is 204 Å². The first-order valence-electron chi connectivity index (χ1n) is 10.8. The molecule has 0 saturated heterocycles. The Morgan fingerprint density at radius 3 is 1.28 bits per heavy atom. The Balaban J connectivity index is 2.23. The summed E-state index contributed by atoms with van der Waals surface area (Å²) in [5.74, 6) is 0.798. The molecule has 1 nitrogen and oxygen atoms in total. The molecule has 0 aliphatic heterocycles. The van der Waals surface area contributed by atoms with Crippen molar-refractivity contribution >= 4 is 52.6 Å². The third-order valence-corrected chi connectivity index (χ3v) is 40.4. The van der Waals surface area contributed by atoms with E-state index in [2.05, 4.69) is 125 Å². The van der Waals surface area contributed by atoms with Gasteiger partial charge in [-0.05, 0) is 0 Å². The van der Waals surface area contributed by atoms with Gasteiger partial charge in [-0.2, -0.15) is 0 Å². The Labute approximate surface area is 202 Å². The molecular weight excluding hydrogens is 556 g/mol. The Bertz CT molecular complexity index is 893. The van der Waals surface area contributed by atoms with Crippen molar-refractivity contribution in [3.8, 4) is 0 Å². The second kappa shape index (κ2) is 11.8. The van der Waals surface area contributed by atoms with Gasteiger partial charge in [0, 0.05) is 0 Å². The van der Waals surface area contributed by atoms with Gasteiger partial charge < -0.3 is 0 Å². The first-order valence-corrected chi connectivity index (χ1v) is 24.5. The molecule has 0 spiro atoms. The van der Waals surface area contributed by atoms with Crippen LogP contribution in [0.1, 0.15) is 27.7 Å². The van der Waals surface area contributed by atoms with E-state index in [1.165, 1.54) is 15.9 Å². The van der Waals surface area contributed by atoms with Crippen molar-refractivity contribution in [1.29, 1.82) is 0 Å². The molecule has 0 fully saturated rings. The van der Waals surface area contributed by atoms with E-state index in [4.69, 9.17) is 14.7 Å². The van der Waals surface area contributed by atoms with Crippen molar-refractivity contribution in [2.75, 3.05) is 0 Å². The van der Waals surface area contributed by atoms with E-state index >= 15 is 0 Å². The molecule has 4 unspecified atom stereocenters. The summed E-state index contributed by atoms with van der Waals surface area (Å²) in [4.78, 5) is 5.30. The van der Waals surface area contributed by atoms with Gasteiger partial charge in [0.1, 0.15) is 0 Å². The Morgan fingerprint density at radius 1 is 0.656 bits per heavy atom. The second-order valence-corrected chi connectivity index (χ2v) is 46.3. The molecule has 32 heavy (non-hydrogen) atoms. The van der Waals surface area contributed by atoms with E-state index in [1.54, 1.807) is 0 Å². The maximum absolute atomic E-state index is 8.35. The van der Waals surface area contributed by atoms with Crippen LogP contribution in [0.2, 0.25) is 0 Å². The minimum absolute atomic E-state index is 0.159. The van der Waals surface area contributed by atoms with Crippen LogP contribution in [-0.2, 0) is 11.2 Å². The van der Waals surface area contributed by atoms with Crippen LogP contribution in [0.4, 0.5) is 0 Å². The second-order valence-electron chi connectivity index (χ2n) is 8.36. The molecule has 3 aromatic rings. The van der Waals surface area contributed by atoms with Crippen molar-refractivity contribution < 1.29 is 11.2 Å². The summed E-state index contributed by atoms with van der Waals surface area (Å²) in [6.07, 6.45) is 2.15. The first kappa shape index (κ1) is 26.1. The SMILES string of the molecule is CC(C)C=N[CH](C(C)C)[Ru]([Cl])([PH]c1ccccc1)([PH]c1ccccc1)[PH]c1ccccc1. The van der Waals surface area contributed by atoms with E-state index in [-0.39, 0.29) is 4.64 Å². The number of benzene rings is 3. The van der Waals surface area contributed by atoms with Gasteiger partial charge in [0.2, 0.25) is 0 Å². The third-order valence-electron chi connectivity index (χ3n) is 4.60. The topological polar surface area (TPSA) is 12.4 Å². The van der Waals surface area contributed by atoms with Gasteiger partial charge in [-0.25, -0.2) is 0 Å². The normalized spacial score (nSPS) is 15.7. The third kappa shape index (κ3) is 7.02. The number of nitrogens with zero attached hydrogens (tertiary/aromatic N) is 1. The average molecular weight is 590 g/mol. The maximum atomic E-state index is 8.35. The van der Waals surface area contributed by atoms with E-state index < -0.39 is 11.2 Å². The zero-order valence-electron chi connectivity index (χ0n) is 19.1. The molecule has 3 rings (SSSR count). The van der Waals surface area contributed by atoms with Crippen LogP contribution in [0.25, 0.3) is 0 Å². The number of hydrogen-bond acceptors (Lipinski definition) is 1. The van der Waals surface area contributed by atoms with Crippen molar-refractivity contribution in [2.24, 2.45) is 16.8 Å². The zero-order chi connectivity index (χ0) is 23.1. The minimum atomic E-state index is -3.65. The van der Waals surface area contributed by atoms with Gasteiger partial charge in [-0.1, -0.05) is 0 Å². The predicted octanol–water partition coefficient (Wildman–Crippen LogP) is 7.30. The van der Waals surface area contributed by atoms with Gasteiger partial charge in [-0.3, -0.25) is 0 Å². The van der Waals surface area contributed by atoms with Gasteiger partial charge in [0.05, 0.1) is 0 Å². The molecule has 0 bridgehead atoms. The summed E-state index contributed by atoms with van der Waals surface area (Å²) < 4.78 is 0.159. The van der Waals surface area contributed by atoms with Crippen molar-refractivity contribution in [3.05, 3.63) is 91.0 Å². The number of halogens is 1. The fraction of sp³-hybridized carbons (Fsp3) is 0.269. The molecule has 0 aliphatic rings. The Kier molecular flexibility index (Phi) is 9.63. The van der Waals surface area contributed by atoms with E-state index in [1.807, 2.05) is 0 Å². The molecule has 6 heteroatoms. The molecule has 0 amide bonds. The fourth-order valence-corrected chi connectivity index (χ4v) is 47.1. The summed E-state index contributed by atoms with van der Waals surface area (Å²) >= 11 is -3.65. The van der Waals surface area contributed by atoms with Gasteiger partial charge in [0.15, 0.2) is 0 Å². The van der Waals surface area contributed by atoms with Gasteiger partial charge in [-0.15, -0.1) is 0 Å². The number of hydrogen-bond donors (Lipinski definition) is 0. The summed E-state index contributed by atoms with van der Waals surface area (Å²) in [5, 5.41) is 4.10. The monoisotopic (exact) mass is 590 g/mol. The van der Waals surface area contributed by atoms with Gasteiger partial charge in [0.25, 0.3) is 0 Å². The molecule has 0 heterocycles. The van der Waals surface area contributed by atoms with Crippen LogP contribution < -0.4 is 15.9 Å². The zero-order valence-corrected chi connectivity index (χ0v) is 24.6. The molecule has 0 aromatic heterocycles. The molecule has 0 saturated carbocycles. The standard InChI is InChI=1S/C8H16N.3C6H6P.ClH.Ru/c1-7(2)5-9-6-8(3)4;3*7-6-4-2-1-3-5-6;;/h5-8H,1-4H3;3*1-5,7H;1H;/q;3*-1;;+4/p-1. The predicted molar refractivity (Wildman–Crippen MR) is 151 cm³/mol. The van der Waals surface area contributed by atoms with E-state index in [0.717, 1.165) is 0 Å². The van der Waals surface area contributed by atoms with Crippen LogP contribution in [-0.4, -0.2) is 10.9 Å². The quantitative estimate of drug-likeness (QED) is 0.134. The molecule has 0 aliphatic carbocycles. The molecular formula is C26H34ClNP3Ru. The van der Waals surface area contributed by atoms with Crippen molar-refractivity contribution in [3.63, 3.8) is 0 Å². The number of aliphatic imine (C=N–C) groups is 1. The number of rotatable bonds is 10. The fourth-order valence-electron chi connectivity index (χ4n) is 3.28. The van der Waals surface area contributed by atoms with E-state index in [9.17, 15) is 0 Å². The average Bonchev–Trinajstić information content (AvgIpc) is 2.75. The van der Waals surface area contributed by atoms with Crippen LogP contribution in [0.3, 0.4) is 0 Å². The molecule has 3 aromatic carbocycles. The molecule has 0 radical (unpaired) electrons. The van der Waals surface area contributed by atoms with Crippen molar-refractivity contribution in [2.45, 2.75) is 32.3 Å². The first-order chi connectivity index (χ1) is 15.3. The van der Waals surface area contributed by atoms with Crippen LogP contribution in [0.5, 0.6) is 0 Å². The van der Waals surface area contributed by atoms with Crippen LogP contribution in [0.15, 0.2) is 96.0 Å². The van der Waals surface area contributed by atoms with E-state index in [0.29, 0.717) is 32.6 Å². The molecule has 173 valence electrons. The summed E-state index contributed by atoms with van der Waals surface area (Å²) in [5.41, 5.74) is 0. The Morgan fingerprint density at radius 2 is 1.00 bits per heavy atom. The van der Waals surface area contributed by atoms with Crippen LogP contribution in [0, 0.1) is 11.8 Å². The van der Waals surface area contributed by atoms with Crippen LogP contribution >= 0.6 is 30.4 Å². The van der Waals surface area contributed by atoms with Crippen molar-refractivity contribution in [1.82, 2.24) is 0 Å². The molecule has 4 atom stereocenters. The Hall–Kier alpha value is -0.467. The molecule has 0 N–H and O–H groups in total. The summed E-state index contributed by atoms with van der Waals surface area (Å²) in [6.45, 7) is 10.8. The summed E-state index contributed by atoms with van der Waals surface area (Å²) in [6, 6.07) is 32.7.